The van der Waals surface area contributed by atoms with Gasteiger partial charge in [0.2, 0.25) is 0 Å². The highest BCUT2D eigenvalue weighted by molar-refractivity contribution is 7.16. The second-order valence-electron chi connectivity index (χ2n) is 5.98. The normalized spacial score (nSPS) is 12.2. The quantitative estimate of drug-likeness (QED) is 0.650. The summed E-state index contributed by atoms with van der Waals surface area (Å²) < 4.78 is 3.39. The first-order chi connectivity index (χ1) is 11.6. The van der Waals surface area contributed by atoms with Crippen molar-refractivity contribution >= 4 is 27.5 Å². The van der Waals surface area contributed by atoms with Crippen LogP contribution in [0.25, 0.3) is 10.2 Å². The molecular formula is C20H22N2OS. The van der Waals surface area contributed by atoms with Gasteiger partial charge in [-0.15, -0.1) is 0 Å². The molecule has 0 aliphatic carbocycles. The molecule has 24 heavy (non-hydrogen) atoms. The number of fused-ring (bicyclic) bond motifs is 1. The number of aromatic nitrogens is 1. The molecule has 0 fully saturated rings. The maximum absolute atomic E-state index is 12.6. The van der Waals surface area contributed by atoms with Crippen molar-refractivity contribution in [3.63, 3.8) is 0 Å². The number of carbonyl (C=O) groups is 1. The lowest BCUT2D eigenvalue weighted by Crippen LogP contribution is -2.21. The van der Waals surface area contributed by atoms with Gasteiger partial charge in [-0.3, -0.25) is 4.79 Å². The summed E-state index contributed by atoms with van der Waals surface area (Å²) >= 11 is 1.58. The minimum absolute atomic E-state index is 0.179. The number of nitrogens with zero attached hydrogens (tertiary/aromatic N) is 2. The maximum atomic E-state index is 12.6. The SMILES string of the molecule is CCC(CC)n1c(=NC(=O)c2ccc(C)cc2)sc2ccccc21. The number of hydrogen-bond acceptors (Lipinski definition) is 2. The van der Waals surface area contributed by atoms with E-state index in [0.29, 0.717) is 11.6 Å². The van der Waals surface area contributed by atoms with Crippen LogP contribution in [-0.4, -0.2) is 10.5 Å². The molecule has 0 radical (unpaired) electrons. The molecule has 3 nitrogen and oxygen atoms in total. The molecule has 2 aromatic carbocycles. The average Bonchev–Trinajstić information content (AvgIpc) is 2.95. The van der Waals surface area contributed by atoms with Crippen molar-refractivity contribution in [3.8, 4) is 0 Å². The van der Waals surface area contributed by atoms with E-state index in [1.54, 1.807) is 11.3 Å². The summed E-state index contributed by atoms with van der Waals surface area (Å²) in [6.07, 6.45) is 2.03. The van der Waals surface area contributed by atoms with Gasteiger partial charge < -0.3 is 4.57 Å². The molecule has 0 aliphatic heterocycles. The fraction of sp³-hybridized carbons (Fsp3) is 0.300. The monoisotopic (exact) mass is 338 g/mol. The van der Waals surface area contributed by atoms with Crippen LogP contribution in [0.5, 0.6) is 0 Å². The largest absolute Gasteiger partial charge is 0.313 e. The topological polar surface area (TPSA) is 34.4 Å². The van der Waals surface area contributed by atoms with E-state index in [4.69, 9.17) is 0 Å². The fourth-order valence-corrected chi connectivity index (χ4v) is 4.01. The first kappa shape index (κ1) is 16.7. The van der Waals surface area contributed by atoms with Crippen molar-refractivity contribution in [2.75, 3.05) is 0 Å². The lowest BCUT2D eigenvalue weighted by molar-refractivity contribution is 0.0997. The van der Waals surface area contributed by atoms with Gasteiger partial charge in [-0.1, -0.05) is 55.0 Å². The van der Waals surface area contributed by atoms with Crippen molar-refractivity contribution in [2.24, 2.45) is 4.99 Å². The van der Waals surface area contributed by atoms with E-state index in [9.17, 15) is 4.79 Å². The Bertz CT molecular complexity index is 915. The van der Waals surface area contributed by atoms with Gasteiger partial charge in [-0.05, 0) is 44.0 Å². The molecule has 124 valence electrons. The minimum Gasteiger partial charge on any atom is -0.313 e. The molecule has 3 rings (SSSR count). The molecule has 0 saturated carbocycles. The Labute approximate surface area is 146 Å². The lowest BCUT2D eigenvalue weighted by atomic mass is 10.1. The number of para-hydroxylation sites is 1. The molecule has 0 saturated heterocycles. The molecule has 1 amide bonds. The van der Waals surface area contributed by atoms with E-state index in [-0.39, 0.29) is 5.91 Å². The van der Waals surface area contributed by atoms with E-state index >= 15 is 0 Å². The van der Waals surface area contributed by atoms with Crippen LogP contribution in [0.4, 0.5) is 0 Å². The van der Waals surface area contributed by atoms with Crippen LogP contribution in [0.2, 0.25) is 0 Å². The Hall–Kier alpha value is -2.20. The minimum atomic E-state index is -0.179. The van der Waals surface area contributed by atoms with Gasteiger partial charge in [0, 0.05) is 11.6 Å². The van der Waals surface area contributed by atoms with Gasteiger partial charge in [0.1, 0.15) is 0 Å². The molecular weight excluding hydrogens is 316 g/mol. The first-order valence-electron chi connectivity index (χ1n) is 8.39. The third-order valence-corrected chi connectivity index (χ3v) is 5.37. The Morgan fingerprint density at radius 2 is 1.75 bits per heavy atom. The second kappa shape index (κ2) is 7.14. The van der Waals surface area contributed by atoms with Crippen molar-refractivity contribution in [3.05, 3.63) is 64.5 Å². The Morgan fingerprint density at radius 1 is 1.08 bits per heavy atom. The van der Waals surface area contributed by atoms with Gasteiger partial charge in [0.25, 0.3) is 5.91 Å². The molecule has 0 aliphatic rings. The highest BCUT2D eigenvalue weighted by Crippen LogP contribution is 2.24. The summed E-state index contributed by atoms with van der Waals surface area (Å²) in [5, 5.41) is 0. The van der Waals surface area contributed by atoms with Crippen LogP contribution in [0, 0.1) is 6.92 Å². The van der Waals surface area contributed by atoms with Crippen molar-refractivity contribution in [1.82, 2.24) is 4.57 Å². The molecule has 0 unspecified atom stereocenters. The van der Waals surface area contributed by atoms with Gasteiger partial charge in [-0.2, -0.15) is 4.99 Å². The van der Waals surface area contributed by atoms with E-state index < -0.39 is 0 Å². The van der Waals surface area contributed by atoms with E-state index in [1.165, 1.54) is 4.70 Å². The van der Waals surface area contributed by atoms with Crippen LogP contribution in [0.3, 0.4) is 0 Å². The highest BCUT2D eigenvalue weighted by atomic mass is 32.1. The fourth-order valence-electron chi connectivity index (χ4n) is 2.92. The Kier molecular flexibility index (Phi) is 4.95. The standard InChI is InChI=1S/C20H22N2OS/c1-4-16(5-2)22-17-8-6-7-9-18(17)24-20(22)21-19(23)15-12-10-14(3)11-13-15/h6-13,16H,4-5H2,1-3H3. The smallest absolute Gasteiger partial charge is 0.279 e. The number of carbonyl (C=O) groups excluding carboxylic acids is 1. The summed E-state index contributed by atoms with van der Waals surface area (Å²) in [6.45, 7) is 6.37. The van der Waals surface area contributed by atoms with Crippen molar-refractivity contribution in [2.45, 2.75) is 39.7 Å². The van der Waals surface area contributed by atoms with Crippen LogP contribution in [0.1, 0.15) is 48.7 Å². The molecule has 1 heterocycles. The molecule has 0 N–H and O–H groups in total. The number of thiazole rings is 1. The van der Waals surface area contributed by atoms with E-state index in [1.807, 2.05) is 43.3 Å². The van der Waals surface area contributed by atoms with Crippen LogP contribution in [-0.2, 0) is 0 Å². The van der Waals surface area contributed by atoms with Gasteiger partial charge in [0.05, 0.1) is 10.2 Å². The number of aryl methyl sites for hydroxylation is 1. The zero-order valence-electron chi connectivity index (χ0n) is 14.3. The second-order valence-corrected chi connectivity index (χ2v) is 6.98. The zero-order valence-corrected chi connectivity index (χ0v) is 15.1. The summed E-state index contributed by atoms with van der Waals surface area (Å²) in [5.74, 6) is -0.179. The van der Waals surface area contributed by atoms with E-state index in [0.717, 1.165) is 28.7 Å². The van der Waals surface area contributed by atoms with Crippen LogP contribution in [0.15, 0.2) is 53.5 Å². The van der Waals surface area contributed by atoms with Crippen molar-refractivity contribution in [1.29, 1.82) is 0 Å². The van der Waals surface area contributed by atoms with Gasteiger partial charge in [-0.25, -0.2) is 0 Å². The Morgan fingerprint density at radius 3 is 2.42 bits per heavy atom. The van der Waals surface area contributed by atoms with Crippen molar-refractivity contribution < 1.29 is 4.79 Å². The van der Waals surface area contributed by atoms with Gasteiger partial charge >= 0.3 is 0 Å². The maximum Gasteiger partial charge on any atom is 0.279 e. The molecule has 4 heteroatoms. The Balaban J connectivity index is 2.15. The average molecular weight is 338 g/mol. The molecule has 1 aromatic heterocycles. The number of amides is 1. The predicted octanol–water partition coefficient (Wildman–Crippen LogP) is 5.11. The predicted molar refractivity (Wildman–Crippen MR) is 101 cm³/mol. The lowest BCUT2D eigenvalue weighted by Gasteiger charge is -2.15. The summed E-state index contributed by atoms with van der Waals surface area (Å²) in [7, 11) is 0. The summed E-state index contributed by atoms with van der Waals surface area (Å²) in [6, 6.07) is 16.2. The van der Waals surface area contributed by atoms with Crippen LogP contribution < -0.4 is 4.80 Å². The van der Waals surface area contributed by atoms with Gasteiger partial charge in [0.15, 0.2) is 4.80 Å². The molecule has 0 spiro atoms. The number of hydrogen-bond donors (Lipinski definition) is 0. The molecule has 3 aromatic rings. The zero-order chi connectivity index (χ0) is 17.1. The number of rotatable bonds is 4. The number of benzene rings is 2. The first-order valence-corrected chi connectivity index (χ1v) is 9.21. The highest BCUT2D eigenvalue weighted by Gasteiger charge is 2.14. The summed E-state index contributed by atoms with van der Waals surface area (Å²) in [4.78, 5) is 17.8. The molecule has 0 atom stereocenters. The summed E-state index contributed by atoms with van der Waals surface area (Å²) in [5.41, 5.74) is 2.93. The molecule has 0 bridgehead atoms. The third kappa shape index (κ3) is 3.20. The van der Waals surface area contributed by atoms with Crippen LogP contribution >= 0.6 is 11.3 Å². The third-order valence-electron chi connectivity index (χ3n) is 4.34. The van der Waals surface area contributed by atoms with E-state index in [2.05, 4.69) is 35.5 Å².